The molecule has 40 heavy (non-hydrogen) atoms. The van der Waals surface area contributed by atoms with Gasteiger partial charge in [0, 0.05) is 73.6 Å². The molecule has 11 heteroatoms. The number of carbonyl (C=O) groups excluding carboxylic acids is 1. The second-order valence-electron chi connectivity index (χ2n) is 10.0. The number of carbonyl (C=O) groups is 1. The number of nitrogens with two attached hydrogens (primary N) is 1. The number of anilines is 5. The summed E-state index contributed by atoms with van der Waals surface area (Å²) in [5, 5.41) is 6.81. The lowest BCUT2D eigenvalue weighted by atomic mass is 10.1. The van der Waals surface area contributed by atoms with Crippen molar-refractivity contribution in [3.63, 3.8) is 0 Å². The number of pyridine rings is 2. The van der Waals surface area contributed by atoms with Crippen molar-refractivity contribution in [3.8, 4) is 11.4 Å². The summed E-state index contributed by atoms with van der Waals surface area (Å²) in [6, 6.07) is 13.5. The molecule has 11 nitrogen and oxygen atoms in total. The van der Waals surface area contributed by atoms with E-state index < -0.39 is 0 Å². The fraction of sp³-hybridized carbons (Fsp3) is 0.276. The van der Waals surface area contributed by atoms with Crippen LogP contribution in [0.2, 0.25) is 0 Å². The van der Waals surface area contributed by atoms with Crippen LogP contribution in [0.1, 0.15) is 0 Å². The summed E-state index contributed by atoms with van der Waals surface area (Å²) in [6.45, 7) is 4.80. The number of nitrogen functional groups attached to an aromatic ring is 1. The Hall–Kier alpha value is -4.61. The summed E-state index contributed by atoms with van der Waals surface area (Å²) in [7, 11) is 6.03. The first-order valence-electron chi connectivity index (χ1n) is 13.2. The Balaban J connectivity index is 1.37. The minimum absolute atomic E-state index is 0.221. The highest BCUT2D eigenvalue weighted by atomic mass is 16.1. The first-order valence-corrected chi connectivity index (χ1v) is 13.2. The third kappa shape index (κ3) is 6.50. The molecular formula is C29H34N10O. The fourth-order valence-electron chi connectivity index (χ4n) is 4.46. The van der Waals surface area contributed by atoms with Gasteiger partial charge in [0.05, 0.1) is 5.69 Å². The molecule has 0 radical (unpaired) electrons. The van der Waals surface area contributed by atoms with Gasteiger partial charge in [0.25, 0.3) is 0 Å². The molecule has 1 amide bonds. The van der Waals surface area contributed by atoms with E-state index in [0.717, 1.165) is 31.9 Å². The van der Waals surface area contributed by atoms with E-state index in [1.54, 1.807) is 36.7 Å². The summed E-state index contributed by atoms with van der Waals surface area (Å²) in [6.07, 6.45) is 6.59. The Labute approximate surface area is 233 Å². The summed E-state index contributed by atoms with van der Waals surface area (Å²) in [5.74, 6) is 0.476. The number of hydrogen-bond acceptors (Lipinski definition) is 10. The van der Waals surface area contributed by atoms with E-state index in [1.165, 1.54) is 11.8 Å². The van der Waals surface area contributed by atoms with Crippen molar-refractivity contribution in [2.45, 2.75) is 0 Å². The number of hydrogen-bond donors (Lipinski definition) is 3. The van der Waals surface area contributed by atoms with Crippen LogP contribution in [0.15, 0.2) is 67.0 Å². The van der Waals surface area contributed by atoms with E-state index in [2.05, 4.69) is 54.6 Å². The second-order valence-corrected chi connectivity index (χ2v) is 10.0. The number of nitrogens with zero attached hydrogens (tertiary/aromatic N) is 7. The highest BCUT2D eigenvalue weighted by Gasteiger charge is 2.16. The quantitative estimate of drug-likeness (QED) is 0.288. The average molecular weight is 539 g/mol. The molecule has 0 saturated carbocycles. The van der Waals surface area contributed by atoms with Gasteiger partial charge in [0.2, 0.25) is 11.9 Å². The Morgan fingerprint density at radius 1 is 1.00 bits per heavy atom. The molecule has 1 fully saturated rings. The number of likely N-dealkylation sites (N-methyl/N-ethyl adjacent to an activating group) is 2. The third-order valence-corrected chi connectivity index (χ3v) is 6.65. The van der Waals surface area contributed by atoms with Crippen molar-refractivity contribution in [1.82, 2.24) is 29.7 Å². The van der Waals surface area contributed by atoms with Crippen molar-refractivity contribution in [2.75, 3.05) is 75.1 Å². The van der Waals surface area contributed by atoms with Gasteiger partial charge in [-0.2, -0.15) is 4.98 Å². The minimum Gasteiger partial charge on any atom is -0.383 e. The molecule has 5 rings (SSSR count). The zero-order valence-electron chi connectivity index (χ0n) is 23.0. The lowest BCUT2D eigenvalue weighted by molar-refractivity contribution is -0.111. The fourth-order valence-corrected chi connectivity index (χ4v) is 4.46. The monoisotopic (exact) mass is 538 g/mol. The van der Waals surface area contributed by atoms with Crippen LogP contribution in [0.4, 0.5) is 28.8 Å². The molecule has 4 heterocycles. The van der Waals surface area contributed by atoms with E-state index in [1.807, 2.05) is 31.1 Å². The Morgan fingerprint density at radius 3 is 2.50 bits per heavy atom. The molecule has 4 N–H and O–H groups in total. The van der Waals surface area contributed by atoms with Crippen LogP contribution in [0.3, 0.4) is 0 Å². The number of piperazine rings is 1. The lowest BCUT2D eigenvalue weighted by Gasteiger charge is -2.34. The average Bonchev–Trinajstić information content (AvgIpc) is 2.94. The van der Waals surface area contributed by atoms with Crippen molar-refractivity contribution in [3.05, 3.63) is 67.0 Å². The molecule has 0 bridgehead atoms. The van der Waals surface area contributed by atoms with Gasteiger partial charge in [-0.25, -0.2) is 4.98 Å². The number of benzene rings is 1. The molecule has 0 atom stereocenters. The summed E-state index contributed by atoms with van der Waals surface area (Å²) < 4.78 is 0. The number of aromatic nitrogens is 4. The van der Waals surface area contributed by atoms with Crippen molar-refractivity contribution in [1.29, 1.82) is 0 Å². The first kappa shape index (κ1) is 27.0. The van der Waals surface area contributed by atoms with Crippen molar-refractivity contribution >= 4 is 45.6 Å². The zero-order chi connectivity index (χ0) is 28.1. The van der Waals surface area contributed by atoms with E-state index in [4.69, 9.17) is 10.7 Å². The van der Waals surface area contributed by atoms with Gasteiger partial charge < -0.3 is 31.1 Å². The van der Waals surface area contributed by atoms with Gasteiger partial charge in [0.1, 0.15) is 17.0 Å². The van der Waals surface area contributed by atoms with Crippen LogP contribution >= 0.6 is 0 Å². The maximum Gasteiger partial charge on any atom is 0.248 e. The summed E-state index contributed by atoms with van der Waals surface area (Å²) in [5.41, 5.74) is 10.6. The third-order valence-electron chi connectivity index (χ3n) is 6.65. The first-order chi connectivity index (χ1) is 19.4. The SMILES string of the molecule is CN(C)CC=CC(=O)Nc1ccnc(-c2nccc3c(N)nc(Nc4ccc(N5CCN(C)CC5)cc4)nc23)c1. The van der Waals surface area contributed by atoms with Crippen LogP contribution in [0.25, 0.3) is 22.3 Å². The predicted octanol–water partition coefficient (Wildman–Crippen LogP) is 3.22. The molecule has 0 unspecified atom stereocenters. The maximum atomic E-state index is 12.3. The maximum absolute atomic E-state index is 12.3. The van der Waals surface area contributed by atoms with E-state index in [0.29, 0.717) is 46.3 Å². The summed E-state index contributed by atoms with van der Waals surface area (Å²) in [4.78, 5) is 37.3. The van der Waals surface area contributed by atoms with E-state index >= 15 is 0 Å². The Bertz CT molecular complexity index is 1510. The second kappa shape index (κ2) is 12.1. The molecule has 3 aromatic heterocycles. The largest absolute Gasteiger partial charge is 0.383 e. The molecule has 1 saturated heterocycles. The molecule has 4 aromatic rings. The van der Waals surface area contributed by atoms with Gasteiger partial charge in [-0.1, -0.05) is 6.08 Å². The zero-order valence-corrected chi connectivity index (χ0v) is 23.0. The van der Waals surface area contributed by atoms with Crippen molar-refractivity contribution < 1.29 is 4.79 Å². The van der Waals surface area contributed by atoms with Crippen LogP contribution < -0.4 is 21.3 Å². The molecule has 0 aliphatic carbocycles. The topological polar surface area (TPSA) is 128 Å². The summed E-state index contributed by atoms with van der Waals surface area (Å²) >= 11 is 0. The van der Waals surface area contributed by atoms with Gasteiger partial charge >= 0.3 is 0 Å². The minimum atomic E-state index is -0.221. The Morgan fingerprint density at radius 2 is 1.75 bits per heavy atom. The van der Waals surface area contributed by atoms with Crippen LogP contribution in [-0.4, -0.2) is 89.5 Å². The predicted molar refractivity (Wildman–Crippen MR) is 161 cm³/mol. The van der Waals surface area contributed by atoms with Crippen LogP contribution in [-0.2, 0) is 4.79 Å². The standard InChI is InChI=1S/C29H34N10O/c1-37(2)14-4-5-25(40)33-21-10-12-31-24(19-21)27-26-23(11-13-32-27)28(30)36-29(35-26)34-20-6-8-22(9-7-20)39-17-15-38(3)16-18-39/h4-13,19H,14-18H2,1-3H3,(H,31,33,40)(H3,30,34,35,36). The Kier molecular flexibility index (Phi) is 8.13. The molecule has 1 aromatic carbocycles. The lowest BCUT2D eigenvalue weighted by Crippen LogP contribution is -2.44. The van der Waals surface area contributed by atoms with Gasteiger partial charge in [-0.3, -0.25) is 14.8 Å². The smallest absolute Gasteiger partial charge is 0.248 e. The van der Waals surface area contributed by atoms with Gasteiger partial charge in [0.15, 0.2) is 0 Å². The van der Waals surface area contributed by atoms with Gasteiger partial charge in [-0.15, -0.1) is 0 Å². The van der Waals surface area contributed by atoms with Crippen LogP contribution in [0, 0.1) is 0 Å². The number of amides is 1. The van der Waals surface area contributed by atoms with Gasteiger partial charge in [-0.05, 0) is 63.6 Å². The molecule has 1 aliphatic rings. The van der Waals surface area contributed by atoms with Crippen LogP contribution in [0.5, 0.6) is 0 Å². The molecule has 206 valence electrons. The number of fused-ring (bicyclic) bond motifs is 1. The number of nitrogens with one attached hydrogen (secondary N) is 2. The highest BCUT2D eigenvalue weighted by Crippen LogP contribution is 2.29. The normalized spacial score (nSPS) is 14.2. The van der Waals surface area contributed by atoms with Crippen molar-refractivity contribution in [2.24, 2.45) is 0 Å². The highest BCUT2D eigenvalue weighted by molar-refractivity contribution is 6.00. The number of rotatable bonds is 8. The molecule has 0 spiro atoms. The molecule has 1 aliphatic heterocycles. The van der Waals surface area contributed by atoms with E-state index in [-0.39, 0.29) is 5.91 Å². The molecular weight excluding hydrogens is 504 g/mol. The van der Waals surface area contributed by atoms with E-state index in [9.17, 15) is 4.79 Å².